The fraction of sp³-hybridized carbons (Fsp3) is 0.769. The van der Waals surface area contributed by atoms with Crippen LogP contribution in [0.4, 0.5) is 5.82 Å². The van der Waals surface area contributed by atoms with Gasteiger partial charge in [0.15, 0.2) is 0 Å². The lowest BCUT2D eigenvalue weighted by Crippen LogP contribution is -2.28. The number of nitrogens with two attached hydrogens (primary N) is 1. The van der Waals surface area contributed by atoms with Crippen molar-refractivity contribution in [3.05, 3.63) is 11.3 Å². The van der Waals surface area contributed by atoms with Crippen LogP contribution in [0.25, 0.3) is 0 Å². The summed E-state index contributed by atoms with van der Waals surface area (Å²) in [7, 11) is 2.15. The van der Waals surface area contributed by atoms with Gasteiger partial charge in [-0.3, -0.25) is 4.68 Å². The van der Waals surface area contributed by atoms with Gasteiger partial charge in [0.25, 0.3) is 0 Å². The highest BCUT2D eigenvalue weighted by Gasteiger charge is 2.26. The molecule has 0 spiro atoms. The van der Waals surface area contributed by atoms with Crippen molar-refractivity contribution in [1.82, 2.24) is 14.7 Å². The first-order valence-corrected chi connectivity index (χ1v) is 6.80. The van der Waals surface area contributed by atoms with E-state index in [4.69, 9.17) is 5.73 Å². The molecule has 2 heterocycles. The molecule has 2 aliphatic rings. The summed E-state index contributed by atoms with van der Waals surface area (Å²) in [5, 5.41) is 4.62. The van der Waals surface area contributed by atoms with Crippen LogP contribution in [0, 0.1) is 0 Å². The van der Waals surface area contributed by atoms with Crippen LogP contribution in [0.1, 0.15) is 49.4 Å². The topological polar surface area (TPSA) is 47.1 Å². The number of hydrogen-bond donors (Lipinski definition) is 1. The summed E-state index contributed by atoms with van der Waals surface area (Å²) in [5.41, 5.74) is 8.76. The summed E-state index contributed by atoms with van der Waals surface area (Å²) in [4.78, 5) is 2.32. The molecule has 0 unspecified atom stereocenters. The summed E-state index contributed by atoms with van der Waals surface area (Å²) in [6.45, 7) is 2.10. The van der Waals surface area contributed by atoms with Crippen LogP contribution in [0.15, 0.2) is 0 Å². The van der Waals surface area contributed by atoms with Gasteiger partial charge in [-0.2, -0.15) is 5.10 Å². The van der Waals surface area contributed by atoms with Crippen LogP contribution in [0.3, 0.4) is 0 Å². The maximum Gasteiger partial charge on any atom is 0.150 e. The minimum atomic E-state index is 0.609. The van der Waals surface area contributed by atoms with E-state index in [1.807, 2.05) is 0 Å². The van der Waals surface area contributed by atoms with Gasteiger partial charge in [0.2, 0.25) is 0 Å². The average Bonchev–Trinajstić information content (AvgIpc) is 2.68. The third-order valence-electron chi connectivity index (χ3n) is 4.23. The van der Waals surface area contributed by atoms with Crippen molar-refractivity contribution in [2.24, 2.45) is 0 Å². The van der Waals surface area contributed by atoms with Crippen LogP contribution >= 0.6 is 0 Å². The maximum atomic E-state index is 6.07. The number of fused-ring (bicyclic) bond motifs is 1. The molecule has 1 aromatic heterocycles. The van der Waals surface area contributed by atoms with Crippen LogP contribution in [0.2, 0.25) is 0 Å². The molecule has 1 saturated carbocycles. The van der Waals surface area contributed by atoms with Gasteiger partial charge in [-0.25, -0.2) is 0 Å². The van der Waals surface area contributed by atoms with Crippen LogP contribution in [0.5, 0.6) is 0 Å². The predicted octanol–water partition coefficient (Wildman–Crippen LogP) is 1.96. The van der Waals surface area contributed by atoms with E-state index in [2.05, 4.69) is 21.7 Å². The first kappa shape index (κ1) is 11.1. The van der Waals surface area contributed by atoms with Gasteiger partial charge >= 0.3 is 0 Å². The number of nitrogen functional groups attached to an aromatic ring is 1. The van der Waals surface area contributed by atoms with Crippen molar-refractivity contribution in [1.29, 1.82) is 0 Å². The molecule has 3 rings (SSSR count). The fourth-order valence-corrected chi connectivity index (χ4v) is 3.23. The SMILES string of the molecule is CN1CCc2c(c(N)nn2C2CCCCC2)C1. The Hall–Kier alpha value is -1.03. The number of aromatic nitrogens is 2. The van der Waals surface area contributed by atoms with Gasteiger partial charge in [-0.05, 0) is 19.9 Å². The standard InChI is InChI=1S/C13H22N4/c1-16-8-7-12-11(9-16)13(14)15-17(12)10-5-3-2-4-6-10/h10H,2-9H2,1H3,(H2,14,15). The van der Waals surface area contributed by atoms with Gasteiger partial charge in [-0.1, -0.05) is 19.3 Å². The summed E-state index contributed by atoms with van der Waals surface area (Å²) in [5.74, 6) is 0.761. The molecule has 0 aromatic carbocycles. The Morgan fingerprint density at radius 2 is 2.00 bits per heavy atom. The molecule has 1 aliphatic heterocycles. The second-order valence-corrected chi connectivity index (χ2v) is 5.53. The molecule has 0 radical (unpaired) electrons. The van der Waals surface area contributed by atoms with Crippen molar-refractivity contribution < 1.29 is 0 Å². The number of nitrogens with zero attached hydrogens (tertiary/aromatic N) is 3. The van der Waals surface area contributed by atoms with Crippen LogP contribution in [-0.4, -0.2) is 28.3 Å². The summed E-state index contributed by atoms with van der Waals surface area (Å²) < 4.78 is 2.26. The second-order valence-electron chi connectivity index (χ2n) is 5.53. The largest absolute Gasteiger partial charge is 0.382 e. The first-order chi connectivity index (χ1) is 8.25. The smallest absolute Gasteiger partial charge is 0.150 e. The van der Waals surface area contributed by atoms with Gasteiger partial charge in [0, 0.05) is 30.8 Å². The Balaban J connectivity index is 1.92. The minimum Gasteiger partial charge on any atom is -0.382 e. The van der Waals surface area contributed by atoms with Gasteiger partial charge in [0.05, 0.1) is 6.04 Å². The number of anilines is 1. The Morgan fingerprint density at radius 1 is 1.24 bits per heavy atom. The molecular formula is C13H22N4. The Labute approximate surface area is 103 Å². The first-order valence-electron chi connectivity index (χ1n) is 6.80. The van der Waals surface area contributed by atoms with E-state index >= 15 is 0 Å². The summed E-state index contributed by atoms with van der Waals surface area (Å²) in [6.07, 6.45) is 7.75. The zero-order valence-electron chi connectivity index (χ0n) is 10.7. The van der Waals surface area contributed by atoms with E-state index < -0.39 is 0 Å². The second kappa shape index (κ2) is 4.33. The highest BCUT2D eigenvalue weighted by molar-refractivity contribution is 5.44. The molecule has 17 heavy (non-hydrogen) atoms. The quantitative estimate of drug-likeness (QED) is 0.808. The molecule has 4 heteroatoms. The van der Waals surface area contributed by atoms with E-state index in [1.165, 1.54) is 43.4 Å². The molecule has 0 saturated heterocycles. The van der Waals surface area contributed by atoms with Crippen molar-refractivity contribution in [2.45, 2.75) is 51.1 Å². The molecule has 94 valence electrons. The van der Waals surface area contributed by atoms with E-state index in [-0.39, 0.29) is 0 Å². The van der Waals surface area contributed by atoms with E-state index in [0.29, 0.717) is 6.04 Å². The fourth-order valence-electron chi connectivity index (χ4n) is 3.23. The molecule has 0 atom stereocenters. The molecule has 2 N–H and O–H groups in total. The normalized spacial score (nSPS) is 22.6. The molecule has 0 amide bonds. The predicted molar refractivity (Wildman–Crippen MR) is 68.8 cm³/mol. The van der Waals surface area contributed by atoms with E-state index in [9.17, 15) is 0 Å². The molecular weight excluding hydrogens is 212 g/mol. The van der Waals surface area contributed by atoms with Gasteiger partial charge in [-0.15, -0.1) is 0 Å². The highest BCUT2D eigenvalue weighted by atomic mass is 15.3. The minimum absolute atomic E-state index is 0.609. The zero-order chi connectivity index (χ0) is 11.8. The Morgan fingerprint density at radius 3 is 2.76 bits per heavy atom. The van der Waals surface area contributed by atoms with Gasteiger partial charge < -0.3 is 10.6 Å². The Bertz CT molecular complexity index is 404. The Kier molecular flexibility index (Phi) is 2.82. The maximum absolute atomic E-state index is 6.07. The number of rotatable bonds is 1. The number of likely N-dealkylation sites (N-methyl/N-ethyl adjacent to an activating group) is 1. The molecule has 0 bridgehead atoms. The van der Waals surface area contributed by atoms with E-state index in [1.54, 1.807) is 0 Å². The van der Waals surface area contributed by atoms with Crippen molar-refractivity contribution in [3.63, 3.8) is 0 Å². The third kappa shape index (κ3) is 1.95. The summed E-state index contributed by atoms with van der Waals surface area (Å²) >= 11 is 0. The lowest BCUT2D eigenvalue weighted by atomic mass is 9.95. The molecule has 1 aliphatic carbocycles. The average molecular weight is 234 g/mol. The molecule has 1 aromatic rings. The van der Waals surface area contributed by atoms with Crippen LogP contribution < -0.4 is 5.73 Å². The lowest BCUT2D eigenvalue weighted by Gasteiger charge is -2.27. The van der Waals surface area contributed by atoms with Crippen LogP contribution in [-0.2, 0) is 13.0 Å². The molecule has 4 nitrogen and oxygen atoms in total. The van der Waals surface area contributed by atoms with Gasteiger partial charge in [0.1, 0.15) is 5.82 Å². The van der Waals surface area contributed by atoms with Crippen molar-refractivity contribution in [3.8, 4) is 0 Å². The summed E-state index contributed by atoms with van der Waals surface area (Å²) in [6, 6.07) is 0.609. The van der Waals surface area contributed by atoms with Crippen molar-refractivity contribution >= 4 is 5.82 Å². The third-order valence-corrected chi connectivity index (χ3v) is 4.23. The zero-order valence-corrected chi connectivity index (χ0v) is 10.7. The highest BCUT2D eigenvalue weighted by Crippen LogP contribution is 2.32. The monoisotopic (exact) mass is 234 g/mol. The van der Waals surface area contributed by atoms with Crippen molar-refractivity contribution in [2.75, 3.05) is 19.3 Å². The molecule has 1 fully saturated rings. The number of hydrogen-bond acceptors (Lipinski definition) is 3. The lowest BCUT2D eigenvalue weighted by molar-refractivity contribution is 0.287. The van der Waals surface area contributed by atoms with E-state index in [0.717, 1.165) is 25.3 Å².